The fourth-order valence-electron chi connectivity index (χ4n) is 5.38. The first-order valence-corrected chi connectivity index (χ1v) is 17.0. The Morgan fingerprint density at radius 2 is 1.04 bits per heavy atom. The number of nitrogens with one attached hydrogen (secondary N) is 1. The van der Waals surface area contributed by atoms with Crippen LogP contribution < -0.4 is 20.6 Å². The van der Waals surface area contributed by atoms with Gasteiger partial charge in [-0.15, -0.1) is 0 Å². The molecule has 1 saturated carbocycles. The Morgan fingerprint density at radius 3 is 1.27 bits per heavy atom. The van der Waals surface area contributed by atoms with Crippen molar-refractivity contribution in [2.45, 2.75) is 155 Å². The van der Waals surface area contributed by atoms with Crippen molar-refractivity contribution in [1.29, 1.82) is 0 Å². The normalized spacial score (nSPS) is 18.3. The molecule has 1 N–H and O–H groups in total. The van der Waals surface area contributed by atoms with Gasteiger partial charge in [0.2, 0.25) is 0 Å². The molecule has 2 aromatic rings. The van der Waals surface area contributed by atoms with Gasteiger partial charge in [0, 0.05) is 18.5 Å². The molecule has 0 saturated heterocycles. The van der Waals surface area contributed by atoms with Crippen LogP contribution in [0.5, 0.6) is 11.5 Å². The number of carbonyl (C=O) groups excluding carboxylic acids is 1. The van der Waals surface area contributed by atoms with Gasteiger partial charge in [-0.05, 0) is 81.9 Å². The molecule has 0 unspecified atom stereocenters. The number of carbonyl (C=O) groups is 1. The number of hydrogen-bond donors (Lipinski definition) is 1. The number of aliphatic imine (C=N–C) groups is 2. The Labute approximate surface area is 301 Å². The average molecular weight is 706 g/mol. The largest absolute Gasteiger partial charge is 3.00 e. The zero-order chi connectivity index (χ0) is 36.1. The Bertz CT molecular complexity index is 1340. The molecule has 1 aliphatic carbocycles. The minimum atomic E-state index is -1.07. The SMILES string of the molecule is CC(C)(C)c1cc(C=N[C@@H]2CCCC[C@H]2N=Cc2cc(C(C)(C)C)cc(C(C)(C)C)c2[O-])c([O-])c(C(C)(C)C)c1.CN[C@H](C)C(=O)[O-].[Co+3]. The molecule has 0 heterocycles. The molecule has 8 heteroatoms. The third kappa shape index (κ3) is 12.0. The fraction of sp³-hybridized carbons (Fsp3) is 0.625. The smallest absolute Gasteiger partial charge is 0.872 e. The van der Waals surface area contributed by atoms with Gasteiger partial charge in [0.05, 0.1) is 18.1 Å². The summed E-state index contributed by atoms with van der Waals surface area (Å²) in [5, 5.41) is 39.2. The second-order valence-electron chi connectivity index (χ2n) is 17.2. The van der Waals surface area contributed by atoms with Crippen LogP contribution in [0.3, 0.4) is 0 Å². The number of hydrogen-bond acceptors (Lipinski definition) is 7. The summed E-state index contributed by atoms with van der Waals surface area (Å²) in [7, 11) is 1.57. The Kier molecular flexibility index (Phi) is 15.2. The number of rotatable bonds is 6. The van der Waals surface area contributed by atoms with Crippen molar-refractivity contribution in [2.24, 2.45) is 9.98 Å². The van der Waals surface area contributed by atoms with Gasteiger partial charge in [0.25, 0.3) is 0 Å². The van der Waals surface area contributed by atoms with Gasteiger partial charge in [-0.2, -0.15) is 0 Å². The molecule has 48 heavy (non-hydrogen) atoms. The maximum atomic E-state index is 13.5. The maximum absolute atomic E-state index is 13.5. The summed E-state index contributed by atoms with van der Waals surface area (Å²) in [5.41, 5.74) is 4.62. The van der Waals surface area contributed by atoms with Crippen molar-refractivity contribution in [3.8, 4) is 11.5 Å². The summed E-state index contributed by atoms with van der Waals surface area (Å²) in [6.07, 6.45) is 7.63. The van der Waals surface area contributed by atoms with Crippen LogP contribution >= 0.6 is 0 Å². The minimum absolute atomic E-state index is 0. The van der Waals surface area contributed by atoms with Gasteiger partial charge in [-0.3, -0.25) is 9.98 Å². The number of carboxylic acids is 1. The van der Waals surface area contributed by atoms with Gasteiger partial charge >= 0.3 is 16.8 Å². The van der Waals surface area contributed by atoms with E-state index < -0.39 is 12.0 Å². The molecule has 3 atom stereocenters. The average Bonchev–Trinajstić information content (AvgIpc) is 2.93. The van der Waals surface area contributed by atoms with Crippen LogP contribution in [0.2, 0.25) is 0 Å². The van der Waals surface area contributed by atoms with E-state index in [1.807, 2.05) is 12.1 Å². The topological polar surface area (TPSA) is 123 Å². The number of likely N-dealkylation sites (N-methyl/N-ethyl adjacent to an activating group) is 1. The van der Waals surface area contributed by atoms with Crippen LogP contribution in [0.1, 0.15) is 149 Å². The third-order valence-corrected chi connectivity index (χ3v) is 8.87. The maximum Gasteiger partial charge on any atom is 3.00 e. The van der Waals surface area contributed by atoms with Gasteiger partial charge < -0.3 is 25.4 Å². The molecular formula is C40H60CoN3O4. The molecule has 7 nitrogen and oxygen atoms in total. The summed E-state index contributed by atoms with van der Waals surface area (Å²) in [5.74, 6) is -0.947. The van der Waals surface area contributed by atoms with E-state index in [2.05, 4.69) is 101 Å². The molecule has 3 rings (SSSR count). The summed E-state index contributed by atoms with van der Waals surface area (Å²) in [6.45, 7) is 27.1. The Balaban J connectivity index is 0.00000130. The van der Waals surface area contributed by atoms with Crippen molar-refractivity contribution in [3.63, 3.8) is 0 Å². The molecule has 1 fully saturated rings. The molecule has 0 amide bonds. The van der Waals surface area contributed by atoms with E-state index in [0.717, 1.165) is 47.9 Å². The van der Waals surface area contributed by atoms with E-state index in [1.165, 1.54) is 6.92 Å². The molecule has 268 valence electrons. The first-order chi connectivity index (χ1) is 21.4. The second-order valence-corrected chi connectivity index (χ2v) is 17.2. The number of carboxylic acid groups (broad SMARTS) is 1. The minimum Gasteiger partial charge on any atom is -0.872 e. The first-order valence-electron chi connectivity index (χ1n) is 17.0. The van der Waals surface area contributed by atoms with E-state index >= 15 is 0 Å². The van der Waals surface area contributed by atoms with E-state index in [0.29, 0.717) is 11.1 Å². The van der Waals surface area contributed by atoms with E-state index in [-0.39, 0.29) is 62.0 Å². The molecule has 2 aromatic carbocycles. The molecule has 0 spiro atoms. The van der Waals surface area contributed by atoms with E-state index in [1.54, 1.807) is 19.5 Å². The van der Waals surface area contributed by atoms with Crippen LogP contribution in [-0.4, -0.2) is 43.6 Å². The monoisotopic (exact) mass is 705 g/mol. The second kappa shape index (κ2) is 16.8. The van der Waals surface area contributed by atoms with Gasteiger partial charge in [-0.1, -0.05) is 132 Å². The molecule has 1 aliphatic rings. The van der Waals surface area contributed by atoms with Gasteiger partial charge in [0.15, 0.2) is 0 Å². The molecule has 0 aliphatic heterocycles. The van der Waals surface area contributed by atoms with Crippen LogP contribution in [0.15, 0.2) is 34.3 Å². The zero-order valence-electron chi connectivity index (χ0n) is 31.9. The predicted octanol–water partition coefficient (Wildman–Crippen LogP) is 6.21. The van der Waals surface area contributed by atoms with E-state index in [9.17, 15) is 20.1 Å². The number of nitrogens with zero attached hydrogens (tertiary/aromatic N) is 2. The van der Waals surface area contributed by atoms with Gasteiger partial charge in [-0.25, -0.2) is 0 Å². The first kappa shape index (κ1) is 43.3. The Hall–Kier alpha value is -2.68. The molecule has 0 aromatic heterocycles. The zero-order valence-corrected chi connectivity index (χ0v) is 32.9. The van der Waals surface area contributed by atoms with Gasteiger partial charge in [0.1, 0.15) is 0 Å². The summed E-state index contributed by atoms with van der Waals surface area (Å²) >= 11 is 0. The van der Waals surface area contributed by atoms with Crippen LogP contribution in [0.25, 0.3) is 0 Å². The third-order valence-electron chi connectivity index (χ3n) is 8.87. The van der Waals surface area contributed by atoms with Crippen molar-refractivity contribution in [1.82, 2.24) is 5.32 Å². The Morgan fingerprint density at radius 1 is 0.708 bits per heavy atom. The number of aliphatic carboxylic acids is 1. The van der Waals surface area contributed by atoms with Crippen molar-refractivity contribution in [2.75, 3.05) is 7.05 Å². The molecule has 0 radical (unpaired) electrons. The summed E-state index contributed by atoms with van der Waals surface area (Å²) in [4.78, 5) is 19.7. The molecule has 0 bridgehead atoms. The van der Waals surface area contributed by atoms with Crippen molar-refractivity contribution < 1.29 is 36.9 Å². The standard InChI is InChI=1S/C36H54N2O2.C4H9NO2.Co/c1-33(2,3)25-17-23(31(39)27(19-25)35(7,8)9)21-37-29-15-13-14-16-30(29)38-22-24-18-26(34(4,5)6)20-28(32(24)40)36(10,11)12;1-3(5-2)4(6)7;/h17-22,29-30,39-40H,13-16H2,1-12H3;3,5H,1-2H3,(H,6,7);/q;;+3/p-3/t29-,30-;3-;/m11./s1. The molecular weight excluding hydrogens is 645 g/mol. The summed E-state index contributed by atoms with van der Waals surface area (Å²) in [6, 6.07) is 7.61. The quantitative estimate of drug-likeness (QED) is 0.358. The fourth-order valence-corrected chi connectivity index (χ4v) is 5.38. The summed E-state index contributed by atoms with van der Waals surface area (Å²) < 4.78 is 0. The van der Waals surface area contributed by atoms with Crippen LogP contribution in [0.4, 0.5) is 0 Å². The van der Waals surface area contributed by atoms with Crippen LogP contribution in [0, 0.1) is 0 Å². The van der Waals surface area contributed by atoms with Crippen molar-refractivity contribution >= 4 is 18.4 Å². The number of benzene rings is 2. The predicted molar refractivity (Wildman–Crippen MR) is 191 cm³/mol. The van der Waals surface area contributed by atoms with E-state index in [4.69, 9.17) is 9.98 Å². The van der Waals surface area contributed by atoms with Crippen molar-refractivity contribution in [3.05, 3.63) is 57.6 Å². The van der Waals surface area contributed by atoms with Crippen LogP contribution in [-0.2, 0) is 43.2 Å².